The van der Waals surface area contributed by atoms with E-state index < -0.39 is 0 Å². The van der Waals surface area contributed by atoms with Crippen LogP contribution in [0, 0.1) is 0 Å². The molecule has 2 heteroatoms. The Labute approximate surface area is 89.9 Å². The van der Waals surface area contributed by atoms with E-state index in [4.69, 9.17) is 4.74 Å². The first-order valence-corrected chi connectivity index (χ1v) is 4.78. The number of carbonyl (C=O) groups is 1. The Kier molecular flexibility index (Phi) is 4.35. The molecule has 0 aliphatic heterocycles. The largest absolute Gasteiger partial charge is 0.450 e. The third-order valence-corrected chi connectivity index (χ3v) is 1.89. The summed E-state index contributed by atoms with van der Waals surface area (Å²) in [5.41, 5.74) is 0.922. The molecule has 1 aromatic rings. The summed E-state index contributed by atoms with van der Waals surface area (Å²) in [6, 6.07) is 9.51. The maximum atomic E-state index is 11.2. The van der Waals surface area contributed by atoms with Gasteiger partial charge in [0.25, 0.3) is 0 Å². The van der Waals surface area contributed by atoms with Gasteiger partial charge in [-0.1, -0.05) is 43.0 Å². The molecule has 0 heterocycles. The topological polar surface area (TPSA) is 26.3 Å². The summed E-state index contributed by atoms with van der Waals surface area (Å²) in [7, 11) is 0. The number of benzene rings is 1. The van der Waals surface area contributed by atoms with Gasteiger partial charge in [-0.15, -0.1) is 0 Å². The minimum atomic E-state index is -0.380. The number of allylic oxidation sites excluding steroid dienone is 1. The summed E-state index contributed by atoms with van der Waals surface area (Å²) in [6.45, 7) is 5.42. The number of hydrogen-bond acceptors (Lipinski definition) is 2. The number of hydrogen-bond donors (Lipinski definition) is 0. The van der Waals surface area contributed by atoms with E-state index in [9.17, 15) is 4.79 Å². The number of esters is 1. The first kappa shape index (κ1) is 11.2. The molecule has 0 aliphatic carbocycles. The van der Waals surface area contributed by atoms with Gasteiger partial charge >= 0.3 is 5.97 Å². The first-order chi connectivity index (χ1) is 7.27. The number of rotatable bonds is 4. The Balaban J connectivity index is 2.73. The Hall–Kier alpha value is -1.83. The minimum Gasteiger partial charge on any atom is -0.450 e. The molecule has 1 rings (SSSR count). The van der Waals surface area contributed by atoms with Crippen molar-refractivity contribution in [3.8, 4) is 0 Å². The second-order valence-electron chi connectivity index (χ2n) is 3.00. The van der Waals surface area contributed by atoms with E-state index in [1.165, 1.54) is 6.08 Å². The van der Waals surface area contributed by atoms with E-state index in [1.54, 1.807) is 19.1 Å². The fraction of sp³-hybridized carbons (Fsp3) is 0.154. The summed E-state index contributed by atoms with van der Waals surface area (Å²) in [6.07, 6.45) is 4.26. The molecule has 0 fully saturated rings. The zero-order valence-corrected chi connectivity index (χ0v) is 8.72. The monoisotopic (exact) mass is 202 g/mol. The number of ether oxygens (including phenoxy) is 1. The van der Waals surface area contributed by atoms with E-state index in [2.05, 4.69) is 6.58 Å². The van der Waals surface area contributed by atoms with E-state index in [-0.39, 0.29) is 12.1 Å². The van der Waals surface area contributed by atoms with Gasteiger partial charge in [-0.25, -0.2) is 4.79 Å². The van der Waals surface area contributed by atoms with Crippen molar-refractivity contribution < 1.29 is 9.53 Å². The molecule has 0 radical (unpaired) electrons. The lowest BCUT2D eigenvalue weighted by Crippen LogP contribution is -2.06. The van der Waals surface area contributed by atoms with Gasteiger partial charge < -0.3 is 4.74 Å². The van der Waals surface area contributed by atoms with Crippen LogP contribution in [0.2, 0.25) is 0 Å². The van der Waals surface area contributed by atoms with Crippen LogP contribution in [0.4, 0.5) is 0 Å². The van der Waals surface area contributed by atoms with Crippen LogP contribution in [0.3, 0.4) is 0 Å². The lowest BCUT2D eigenvalue weighted by molar-refractivity contribution is -0.141. The van der Waals surface area contributed by atoms with Crippen LogP contribution in [0.1, 0.15) is 18.6 Å². The minimum absolute atomic E-state index is 0.355. The zero-order chi connectivity index (χ0) is 11.1. The molecular formula is C13H14O2. The van der Waals surface area contributed by atoms with E-state index in [0.717, 1.165) is 5.56 Å². The average Bonchev–Trinajstić information content (AvgIpc) is 2.27. The van der Waals surface area contributed by atoms with Gasteiger partial charge in [0.1, 0.15) is 6.10 Å². The molecule has 0 aliphatic rings. The second-order valence-corrected chi connectivity index (χ2v) is 3.00. The van der Waals surface area contributed by atoms with Crippen molar-refractivity contribution in [3.05, 3.63) is 60.7 Å². The van der Waals surface area contributed by atoms with Crippen molar-refractivity contribution in [1.29, 1.82) is 0 Å². The third kappa shape index (κ3) is 3.43. The van der Waals surface area contributed by atoms with Gasteiger partial charge in [-0.3, -0.25) is 0 Å². The first-order valence-electron chi connectivity index (χ1n) is 4.78. The summed E-state index contributed by atoms with van der Waals surface area (Å²) in [5.74, 6) is -0.355. The summed E-state index contributed by atoms with van der Waals surface area (Å²) in [4.78, 5) is 11.2. The quantitative estimate of drug-likeness (QED) is 0.426. The van der Waals surface area contributed by atoms with Gasteiger partial charge in [0.2, 0.25) is 0 Å². The van der Waals surface area contributed by atoms with Crippen molar-refractivity contribution >= 4 is 5.97 Å². The second kappa shape index (κ2) is 5.81. The molecular weight excluding hydrogens is 188 g/mol. The highest BCUT2D eigenvalue weighted by atomic mass is 16.5. The van der Waals surface area contributed by atoms with Crippen LogP contribution in [-0.4, -0.2) is 5.97 Å². The Bertz CT molecular complexity index is 352. The summed E-state index contributed by atoms with van der Waals surface area (Å²) >= 11 is 0. The standard InChI is InChI=1S/C13H14O2/c1-3-8-13(14)15-12(4-2)11-9-6-5-7-10-11/h3-10,12H,2H2,1H3/b8-3+/t12-/m1/s1. The Morgan fingerprint density at radius 2 is 2.07 bits per heavy atom. The van der Waals surface area contributed by atoms with Crippen molar-refractivity contribution in [3.63, 3.8) is 0 Å². The predicted octanol–water partition coefficient (Wildman–Crippen LogP) is 3.03. The smallest absolute Gasteiger partial charge is 0.331 e. The van der Waals surface area contributed by atoms with Crippen molar-refractivity contribution in [1.82, 2.24) is 0 Å². The summed E-state index contributed by atoms with van der Waals surface area (Å²) in [5, 5.41) is 0. The Morgan fingerprint density at radius 1 is 1.40 bits per heavy atom. The van der Waals surface area contributed by atoms with Crippen LogP contribution < -0.4 is 0 Å². The third-order valence-electron chi connectivity index (χ3n) is 1.89. The van der Waals surface area contributed by atoms with Crippen molar-refractivity contribution in [2.24, 2.45) is 0 Å². The molecule has 0 saturated carbocycles. The molecule has 0 saturated heterocycles. The SMILES string of the molecule is C=C[C@@H](OC(=O)/C=C/C)c1ccccc1. The van der Waals surface area contributed by atoms with Crippen LogP contribution in [-0.2, 0) is 9.53 Å². The van der Waals surface area contributed by atoms with Crippen LogP contribution in [0.15, 0.2) is 55.1 Å². The summed E-state index contributed by atoms with van der Waals surface area (Å²) < 4.78 is 5.18. The maximum absolute atomic E-state index is 11.2. The molecule has 1 atom stereocenters. The lowest BCUT2D eigenvalue weighted by atomic mass is 10.1. The highest BCUT2D eigenvalue weighted by Gasteiger charge is 2.10. The van der Waals surface area contributed by atoms with Gasteiger partial charge in [-0.05, 0) is 18.6 Å². The van der Waals surface area contributed by atoms with Gasteiger partial charge in [0.15, 0.2) is 0 Å². The molecule has 1 aromatic carbocycles. The molecule has 0 spiro atoms. The van der Waals surface area contributed by atoms with Crippen LogP contribution in [0.25, 0.3) is 0 Å². The average molecular weight is 202 g/mol. The molecule has 0 bridgehead atoms. The molecule has 0 aromatic heterocycles. The van der Waals surface area contributed by atoms with E-state index >= 15 is 0 Å². The van der Waals surface area contributed by atoms with Crippen molar-refractivity contribution in [2.75, 3.05) is 0 Å². The predicted molar refractivity (Wildman–Crippen MR) is 60.3 cm³/mol. The van der Waals surface area contributed by atoms with E-state index in [1.807, 2.05) is 30.3 Å². The zero-order valence-electron chi connectivity index (χ0n) is 8.72. The molecule has 0 N–H and O–H groups in total. The van der Waals surface area contributed by atoms with Crippen LogP contribution >= 0.6 is 0 Å². The van der Waals surface area contributed by atoms with Crippen molar-refractivity contribution in [2.45, 2.75) is 13.0 Å². The van der Waals surface area contributed by atoms with Gasteiger partial charge in [0, 0.05) is 6.08 Å². The van der Waals surface area contributed by atoms with E-state index in [0.29, 0.717) is 0 Å². The molecule has 2 nitrogen and oxygen atoms in total. The fourth-order valence-corrected chi connectivity index (χ4v) is 1.20. The maximum Gasteiger partial charge on any atom is 0.331 e. The fourth-order valence-electron chi connectivity index (χ4n) is 1.20. The van der Waals surface area contributed by atoms with Crippen LogP contribution in [0.5, 0.6) is 0 Å². The highest BCUT2D eigenvalue weighted by molar-refractivity contribution is 5.82. The molecule has 0 amide bonds. The molecule has 0 unspecified atom stereocenters. The molecule has 78 valence electrons. The molecule has 15 heavy (non-hydrogen) atoms. The van der Waals surface area contributed by atoms with Gasteiger partial charge in [-0.2, -0.15) is 0 Å². The Morgan fingerprint density at radius 3 is 2.60 bits per heavy atom. The number of carbonyl (C=O) groups excluding carboxylic acids is 1. The normalized spacial score (nSPS) is 12.3. The lowest BCUT2D eigenvalue weighted by Gasteiger charge is -2.12. The van der Waals surface area contributed by atoms with Gasteiger partial charge in [0.05, 0.1) is 0 Å². The highest BCUT2D eigenvalue weighted by Crippen LogP contribution is 2.18.